The summed E-state index contributed by atoms with van der Waals surface area (Å²) in [4.78, 5) is 0. The lowest BCUT2D eigenvalue weighted by Gasteiger charge is -2.17. The third kappa shape index (κ3) is 4.21. The van der Waals surface area contributed by atoms with Gasteiger partial charge in [0.2, 0.25) is 0 Å². The molecular formula is C7H18NOP. The molecule has 0 saturated carbocycles. The Morgan fingerprint density at radius 2 is 2.10 bits per heavy atom. The van der Waals surface area contributed by atoms with Gasteiger partial charge in [-0.15, -0.1) is 0 Å². The zero-order valence-corrected chi connectivity index (χ0v) is 7.96. The van der Waals surface area contributed by atoms with Crippen molar-refractivity contribution in [2.75, 3.05) is 13.2 Å². The Labute approximate surface area is 65.7 Å². The normalized spacial score (nSPS) is 14.1. The molecule has 1 unspecified atom stereocenters. The van der Waals surface area contributed by atoms with Gasteiger partial charge in [0.1, 0.15) is 0 Å². The van der Waals surface area contributed by atoms with Gasteiger partial charge in [-0.05, 0) is 24.8 Å². The molecule has 0 aliphatic carbocycles. The molecule has 2 nitrogen and oxygen atoms in total. The first-order chi connectivity index (χ1) is 4.72. The van der Waals surface area contributed by atoms with E-state index in [1.807, 2.05) is 0 Å². The summed E-state index contributed by atoms with van der Waals surface area (Å²) in [7, 11) is 2.47. The van der Waals surface area contributed by atoms with Crippen molar-refractivity contribution in [1.82, 2.24) is 5.09 Å². The van der Waals surface area contributed by atoms with E-state index in [-0.39, 0.29) is 0 Å². The molecule has 0 heterocycles. The number of nitrogens with one attached hydrogen (secondary N) is 1. The highest BCUT2D eigenvalue weighted by Crippen LogP contribution is 2.13. The van der Waals surface area contributed by atoms with Crippen molar-refractivity contribution in [3.05, 3.63) is 0 Å². The van der Waals surface area contributed by atoms with Crippen LogP contribution in [0.25, 0.3) is 0 Å². The van der Waals surface area contributed by atoms with E-state index in [2.05, 4.69) is 28.3 Å². The maximum Gasteiger partial charge on any atom is 0.0462 e. The fraction of sp³-hybridized carbons (Fsp3) is 1.00. The Morgan fingerprint density at radius 1 is 1.50 bits per heavy atom. The third-order valence-electron chi connectivity index (χ3n) is 1.84. The van der Waals surface area contributed by atoms with Crippen LogP contribution in [0.2, 0.25) is 0 Å². The highest BCUT2D eigenvalue weighted by atomic mass is 31.0. The van der Waals surface area contributed by atoms with E-state index in [0.29, 0.717) is 18.4 Å². The molecule has 0 aliphatic rings. The van der Waals surface area contributed by atoms with Crippen LogP contribution in [-0.4, -0.2) is 18.3 Å². The van der Waals surface area contributed by atoms with Crippen LogP contribution in [0.4, 0.5) is 0 Å². The Kier molecular flexibility index (Phi) is 6.30. The van der Waals surface area contributed by atoms with Crippen LogP contribution < -0.4 is 5.09 Å². The molecular weight excluding hydrogens is 145 g/mol. The van der Waals surface area contributed by atoms with Crippen molar-refractivity contribution in [3.8, 4) is 0 Å². The highest BCUT2D eigenvalue weighted by Gasteiger charge is 2.10. The maximum absolute atomic E-state index is 8.89. The molecule has 2 N–H and O–H groups in total. The first-order valence-corrected chi connectivity index (χ1v) is 4.34. The second kappa shape index (κ2) is 6.09. The quantitative estimate of drug-likeness (QED) is 0.593. The Bertz CT molecular complexity index is 78.0. The zero-order chi connectivity index (χ0) is 7.98. The minimum Gasteiger partial charge on any atom is -0.396 e. The summed E-state index contributed by atoms with van der Waals surface area (Å²) < 4.78 is 0. The van der Waals surface area contributed by atoms with Gasteiger partial charge in [-0.1, -0.05) is 23.2 Å². The summed E-state index contributed by atoms with van der Waals surface area (Å²) in [6.45, 7) is 5.56. The van der Waals surface area contributed by atoms with Gasteiger partial charge in [-0.2, -0.15) is 0 Å². The molecule has 0 saturated heterocycles. The van der Waals surface area contributed by atoms with E-state index in [0.717, 1.165) is 13.0 Å². The molecule has 0 spiro atoms. The molecule has 62 valence electrons. The molecule has 3 heteroatoms. The first kappa shape index (κ1) is 10.3. The molecule has 0 fully saturated rings. The van der Waals surface area contributed by atoms with E-state index in [9.17, 15) is 0 Å². The summed E-state index contributed by atoms with van der Waals surface area (Å²) >= 11 is 0. The average molecular weight is 163 g/mol. The predicted molar refractivity (Wildman–Crippen MR) is 47.7 cm³/mol. The van der Waals surface area contributed by atoms with Gasteiger partial charge in [0.05, 0.1) is 0 Å². The molecule has 0 radical (unpaired) electrons. The minimum absolute atomic E-state index is 0.310. The summed E-state index contributed by atoms with van der Waals surface area (Å²) in [6.07, 6.45) is 1.05. The summed E-state index contributed by atoms with van der Waals surface area (Å²) in [5.41, 5.74) is 0. The molecule has 0 bridgehead atoms. The van der Waals surface area contributed by atoms with Gasteiger partial charge in [0.15, 0.2) is 0 Å². The standard InChI is InChI=1S/C7H18NOP/c1-6(2)7(5-9)3-4-8-10/h6-9H,3-5,10H2,1-2H3/t7-/m0/s1. The lowest BCUT2D eigenvalue weighted by Crippen LogP contribution is -2.17. The van der Waals surface area contributed by atoms with Crippen LogP contribution in [0.3, 0.4) is 0 Å². The highest BCUT2D eigenvalue weighted by molar-refractivity contribution is 7.13. The van der Waals surface area contributed by atoms with Crippen LogP contribution in [-0.2, 0) is 0 Å². The molecule has 0 aromatic heterocycles. The fourth-order valence-corrected chi connectivity index (χ4v) is 1.07. The van der Waals surface area contributed by atoms with Crippen molar-refractivity contribution in [3.63, 3.8) is 0 Å². The van der Waals surface area contributed by atoms with Crippen LogP contribution in [0.1, 0.15) is 20.3 Å². The Hall–Kier alpha value is 0.350. The van der Waals surface area contributed by atoms with Crippen molar-refractivity contribution < 1.29 is 5.11 Å². The van der Waals surface area contributed by atoms with E-state index >= 15 is 0 Å². The molecule has 2 atom stereocenters. The van der Waals surface area contributed by atoms with Crippen molar-refractivity contribution in [2.45, 2.75) is 20.3 Å². The van der Waals surface area contributed by atoms with Crippen LogP contribution in [0.15, 0.2) is 0 Å². The number of rotatable bonds is 5. The fourth-order valence-electron chi connectivity index (χ4n) is 0.904. The van der Waals surface area contributed by atoms with E-state index in [1.54, 1.807) is 0 Å². The van der Waals surface area contributed by atoms with Crippen LogP contribution >= 0.6 is 9.39 Å². The lowest BCUT2D eigenvalue weighted by atomic mass is 9.94. The lowest BCUT2D eigenvalue weighted by molar-refractivity contribution is 0.182. The number of hydrogen-bond acceptors (Lipinski definition) is 2. The van der Waals surface area contributed by atoms with Crippen LogP contribution in [0, 0.1) is 11.8 Å². The number of aliphatic hydroxyl groups excluding tert-OH is 1. The average Bonchev–Trinajstić information content (AvgIpc) is 1.89. The largest absolute Gasteiger partial charge is 0.396 e. The Morgan fingerprint density at radius 3 is 2.40 bits per heavy atom. The smallest absolute Gasteiger partial charge is 0.0462 e. The van der Waals surface area contributed by atoms with Crippen LogP contribution in [0.5, 0.6) is 0 Å². The number of aliphatic hydroxyl groups is 1. The SMILES string of the molecule is CC(C)[C@H](CO)CCNP. The summed E-state index contributed by atoms with van der Waals surface area (Å²) in [5, 5.41) is 11.9. The summed E-state index contributed by atoms with van der Waals surface area (Å²) in [6, 6.07) is 0. The monoisotopic (exact) mass is 163 g/mol. The second-order valence-electron chi connectivity index (χ2n) is 2.93. The van der Waals surface area contributed by atoms with Gasteiger partial charge >= 0.3 is 0 Å². The molecule has 0 aromatic rings. The van der Waals surface area contributed by atoms with Gasteiger partial charge in [0.25, 0.3) is 0 Å². The van der Waals surface area contributed by atoms with Gasteiger partial charge in [-0.3, -0.25) is 0 Å². The molecule has 0 aromatic carbocycles. The van der Waals surface area contributed by atoms with Gasteiger partial charge in [-0.25, -0.2) is 0 Å². The van der Waals surface area contributed by atoms with Gasteiger partial charge in [0, 0.05) is 6.61 Å². The molecule has 0 amide bonds. The van der Waals surface area contributed by atoms with E-state index in [4.69, 9.17) is 5.11 Å². The van der Waals surface area contributed by atoms with Crippen molar-refractivity contribution >= 4 is 9.39 Å². The number of hydrogen-bond donors (Lipinski definition) is 2. The molecule has 0 rings (SSSR count). The Balaban J connectivity index is 3.40. The summed E-state index contributed by atoms with van der Waals surface area (Å²) in [5.74, 6) is 1.04. The third-order valence-corrected chi connectivity index (χ3v) is 2.13. The van der Waals surface area contributed by atoms with E-state index in [1.165, 1.54) is 0 Å². The van der Waals surface area contributed by atoms with Crippen molar-refractivity contribution in [1.29, 1.82) is 0 Å². The predicted octanol–water partition coefficient (Wildman–Crippen LogP) is 1.02. The minimum atomic E-state index is 0.310. The molecule has 10 heavy (non-hydrogen) atoms. The topological polar surface area (TPSA) is 32.3 Å². The first-order valence-electron chi connectivity index (χ1n) is 3.76. The zero-order valence-electron chi connectivity index (χ0n) is 6.80. The molecule has 0 aliphatic heterocycles. The maximum atomic E-state index is 8.89. The van der Waals surface area contributed by atoms with E-state index < -0.39 is 0 Å². The van der Waals surface area contributed by atoms with Crippen molar-refractivity contribution in [2.24, 2.45) is 11.8 Å². The van der Waals surface area contributed by atoms with Gasteiger partial charge < -0.3 is 10.2 Å². The second-order valence-corrected chi connectivity index (χ2v) is 3.34.